The molecule has 0 fully saturated rings. The van der Waals surface area contributed by atoms with Crippen LogP contribution in [0.1, 0.15) is 20.8 Å². The van der Waals surface area contributed by atoms with Gasteiger partial charge >= 0.3 is 11.9 Å². The topological polar surface area (TPSA) is 82.8 Å². The van der Waals surface area contributed by atoms with Crippen LogP contribution in [0.5, 0.6) is 0 Å². The maximum atomic E-state index is 11.6. The first-order chi connectivity index (χ1) is 8.19. The first-order valence-corrected chi connectivity index (χ1v) is 4.68. The van der Waals surface area contributed by atoms with Crippen molar-refractivity contribution in [2.24, 2.45) is 0 Å². The highest BCUT2D eigenvalue weighted by Gasteiger charge is 2.25. The molecule has 0 unspecified atom stereocenters. The van der Waals surface area contributed by atoms with Crippen LogP contribution in [0.25, 0.3) is 5.52 Å². The van der Waals surface area contributed by atoms with Gasteiger partial charge in [-0.15, -0.1) is 0 Å². The molecule has 17 heavy (non-hydrogen) atoms. The summed E-state index contributed by atoms with van der Waals surface area (Å²) >= 11 is 0. The number of carbonyl (C=O) groups is 2. The third-order valence-corrected chi connectivity index (χ3v) is 2.21. The van der Waals surface area contributed by atoms with Crippen molar-refractivity contribution in [1.82, 2.24) is 14.6 Å². The Morgan fingerprint density at radius 3 is 2.59 bits per heavy atom. The summed E-state index contributed by atoms with van der Waals surface area (Å²) in [6.45, 7) is 0. The lowest BCUT2D eigenvalue weighted by atomic mass is 10.2. The van der Waals surface area contributed by atoms with Crippen LogP contribution in [0.3, 0.4) is 0 Å². The second-order valence-electron chi connectivity index (χ2n) is 3.11. The van der Waals surface area contributed by atoms with Gasteiger partial charge in [0.1, 0.15) is 5.56 Å². The van der Waals surface area contributed by atoms with E-state index < -0.39 is 11.9 Å². The number of rotatable bonds is 2. The van der Waals surface area contributed by atoms with Crippen molar-refractivity contribution in [2.75, 3.05) is 14.2 Å². The molecule has 0 aliphatic heterocycles. The highest BCUT2D eigenvalue weighted by molar-refractivity contribution is 6.06. The Labute approximate surface area is 96.0 Å². The van der Waals surface area contributed by atoms with Gasteiger partial charge < -0.3 is 9.47 Å². The molecule has 0 spiro atoms. The van der Waals surface area contributed by atoms with Crippen molar-refractivity contribution in [1.29, 1.82) is 0 Å². The van der Waals surface area contributed by atoms with E-state index in [1.165, 1.54) is 37.3 Å². The Morgan fingerprint density at radius 2 is 1.94 bits per heavy atom. The molecule has 2 heterocycles. The van der Waals surface area contributed by atoms with E-state index in [0.29, 0.717) is 5.52 Å². The molecule has 0 aliphatic carbocycles. The molecule has 0 bridgehead atoms. The van der Waals surface area contributed by atoms with Gasteiger partial charge in [0.05, 0.1) is 25.9 Å². The minimum Gasteiger partial charge on any atom is -0.465 e. The molecule has 0 saturated carbocycles. The molecule has 0 radical (unpaired) electrons. The predicted octanol–water partition coefficient (Wildman–Crippen LogP) is 0.302. The van der Waals surface area contributed by atoms with Crippen LogP contribution in [0, 0.1) is 0 Å². The van der Waals surface area contributed by atoms with Gasteiger partial charge in [0.2, 0.25) is 0 Å². The predicted molar refractivity (Wildman–Crippen MR) is 55.7 cm³/mol. The van der Waals surface area contributed by atoms with Crippen LogP contribution in [-0.2, 0) is 9.47 Å². The third-order valence-electron chi connectivity index (χ3n) is 2.21. The van der Waals surface area contributed by atoms with Crippen molar-refractivity contribution in [3.63, 3.8) is 0 Å². The molecule has 7 heteroatoms. The fourth-order valence-electron chi connectivity index (χ4n) is 1.44. The Morgan fingerprint density at radius 1 is 1.24 bits per heavy atom. The maximum absolute atomic E-state index is 11.6. The smallest absolute Gasteiger partial charge is 0.359 e. The van der Waals surface area contributed by atoms with Crippen LogP contribution >= 0.6 is 0 Å². The van der Waals surface area contributed by atoms with Gasteiger partial charge in [-0.25, -0.2) is 14.1 Å². The average Bonchev–Trinajstić information content (AvgIpc) is 2.76. The summed E-state index contributed by atoms with van der Waals surface area (Å²) in [6, 6.07) is 0. The summed E-state index contributed by atoms with van der Waals surface area (Å²) < 4.78 is 10.5. The standard InChI is InChI=1S/C10H9N3O4/c1-16-9(14)7-6-5-11-3-4-13(6)12-8(7)10(15)17-2/h3-5H,1-2H3. The first-order valence-electron chi connectivity index (χ1n) is 4.68. The molecule has 0 saturated heterocycles. The van der Waals surface area contributed by atoms with Crippen molar-refractivity contribution < 1.29 is 19.1 Å². The summed E-state index contributed by atoms with van der Waals surface area (Å²) in [4.78, 5) is 27.0. The van der Waals surface area contributed by atoms with Crippen LogP contribution in [0.4, 0.5) is 0 Å². The number of ether oxygens (including phenoxy) is 2. The summed E-state index contributed by atoms with van der Waals surface area (Å²) in [5.74, 6) is -1.36. The second kappa shape index (κ2) is 4.20. The number of methoxy groups -OCH3 is 2. The van der Waals surface area contributed by atoms with Crippen LogP contribution in [-0.4, -0.2) is 40.8 Å². The molecule has 0 N–H and O–H groups in total. The lowest BCUT2D eigenvalue weighted by molar-refractivity contribution is 0.0553. The van der Waals surface area contributed by atoms with E-state index in [1.54, 1.807) is 0 Å². The monoisotopic (exact) mass is 235 g/mol. The van der Waals surface area contributed by atoms with E-state index in [2.05, 4.69) is 19.6 Å². The summed E-state index contributed by atoms with van der Waals surface area (Å²) in [6.07, 6.45) is 4.43. The Kier molecular flexibility index (Phi) is 2.73. The highest BCUT2D eigenvalue weighted by atomic mass is 16.5. The average molecular weight is 235 g/mol. The summed E-state index contributed by atoms with van der Waals surface area (Å²) in [7, 11) is 2.44. The third kappa shape index (κ3) is 1.71. The Bertz CT molecular complexity index is 590. The molecule has 0 aromatic carbocycles. The fourth-order valence-corrected chi connectivity index (χ4v) is 1.44. The van der Waals surface area contributed by atoms with Gasteiger partial charge in [0.25, 0.3) is 0 Å². The molecular weight excluding hydrogens is 226 g/mol. The minimum absolute atomic E-state index is 0.0486. The normalized spacial score (nSPS) is 10.2. The number of fused-ring (bicyclic) bond motifs is 1. The summed E-state index contributed by atoms with van der Waals surface area (Å²) in [5, 5.41) is 3.95. The van der Waals surface area contributed by atoms with Crippen LogP contribution in [0.15, 0.2) is 18.6 Å². The van der Waals surface area contributed by atoms with Gasteiger partial charge in [-0.1, -0.05) is 0 Å². The second-order valence-corrected chi connectivity index (χ2v) is 3.11. The van der Waals surface area contributed by atoms with Gasteiger partial charge in [-0.05, 0) is 0 Å². The molecule has 0 aliphatic rings. The molecule has 88 valence electrons. The zero-order valence-corrected chi connectivity index (χ0v) is 9.21. The van der Waals surface area contributed by atoms with E-state index in [1.807, 2.05) is 0 Å². The molecule has 7 nitrogen and oxygen atoms in total. The number of esters is 2. The Hall–Kier alpha value is -2.44. The van der Waals surface area contributed by atoms with Crippen molar-refractivity contribution >= 4 is 17.5 Å². The van der Waals surface area contributed by atoms with Gasteiger partial charge in [-0.2, -0.15) is 5.10 Å². The first kappa shape index (κ1) is 11.1. The van der Waals surface area contributed by atoms with Crippen LogP contribution in [0.2, 0.25) is 0 Å². The van der Waals surface area contributed by atoms with Gasteiger partial charge in [0.15, 0.2) is 5.69 Å². The highest BCUT2D eigenvalue weighted by Crippen LogP contribution is 2.16. The Balaban J connectivity index is 2.73. The van der Waals surface area contributed by atoms with Crippen molar-refractivity contribution in [3.8, 4) is 0 Å². The van der Waals surface area contributed by atoms with Gasteiger partial charge in [0, 0.05) is 12.4 Å². The van der Waals surface area contributed by atoms with Crippen molar-refractivity contribution in [2.45, 2.75) is 0 Å². The van der Waals surface area contributed by atoms with E-state index >= 15 is 0 Å². The van der Waals surface area contributed by atoms with Crippen LogP contribution < -0.4 is 0 Å². The van der Waals surface area contributed by atoms with E-state index in [-0.39, 0.29) is 11.3 Å². The van der Waals surface area contributed by atoms with E-state index in [9.17, 15) is 9.59 Å². The molecular formula is C10H9N3O4. The number of hydrogen-bond donors (Lipinski definition) is 0. The zero-order valence-electron chi connectivity index (χ0n) is 9.21. The van der Waals surface area contributed by atoms with Gasteiger partial charge in [-0.3, -0.25) is 4.98 Å². The van der Waals surface area contributed by atoms with Crippen molar-refractivity contribution in [3.05, 3.63) is 29.8 Å². The minimum atomic E-state index is -0.700. The molecule has 2 aromatic heterocycles. The molecule has 0 amide bonds. The maximum Gasteiger partial charge on any atom is 0.359 e. The molecule has 0 atom stereocenters. The number of aromatic nitrogens is 3. The zero-order chi connectivity index (χ0) is 12.4. The molecule has 2 rings (SSSR count). The lowest BCUT2D eigenvalue weighted by Gasteiger charge is -1.98. The fraction of sp³-hybridized carbons (Fsp3) is 0.200. The quantitative estimate of drug-likeness (QED) is 0.696. The summed E-state index contributed by atoms with van der Waals surface area (Å²) in [5.41, 5.74) is 0.347. The largest absolute Gasteiger partial charge is 0.465 e. The SMILES string of the molecule is COC(=O)c1nn2ccncc2c1C(=O)OC. The number of carbonyl (C=O) groups excluding carboxylic acids is 2. The number of hydrogen-bond acceptors (Lipinski definition) is 6. The van der Waals surface area contributed by atoms with E-state index in [0.717, 1.165) is 0 Å². The molecule has 2 aromatic rings. The number of nitrogens with zero attached hydrogens (tertiary/aromatic N) is 3. The van der Waals surface area contributed by atoms with E-state index in [4.69, 9.17) is 0 Å². The lowest BCUT2D eigenvalue weighted by Crippen LogP contribution is -2.10.